The summed E-state index contributed by atoms with van der Waals surface area (Å²) >= 11 is 0. The van der Waals surface area contributed by atoms with Gasteiger partial charge in [0, 0.05) is 16.5 Å². The van der Waals surface area contributed by atoms with Crippen LogP contribution < -0.4 is 10.9 Å². The zero-order valence-corrected chi connectivity index (χ0v) is 22.1. The molecular weight excluding hydrogens is 482 g/mol. The summed E-state index contributed by atoms with van der Waals surface area (Å²) in [6.45, 7) is 11.9. The van der Waals surface area contributed by atoms with Crippen molar-refractivity contribution >= 4 is 22.8 Å². The largest absolute Gasteiger partial charge is 0.458 e. The van der Waals surface area contributed by atoms with E-state index < -0.39 is 11.6 Å². The van der Waals surface area contributed by atoms with Crippen LogP contribution in [0, 0.1) is 6.92 Å². The Bertz CT molecular complexity index is 1650. The number of nitrogens with one attached hydrogen (secondary N) is 1. The summed E-state index contributed by atoms with van der Waals surface area (Å²) in [5, 5.41) is 15.4. The quantitative estimate of drug-likeness (QED) is 0.317. The number of hydrogen-bond acceptors (Lipinski definition) is 6. The number of benzene rings is 1. The average molecular weight is 514 g/mol. The van der Waals surface area contributed by atoms with Crippen molar-refractivity contribution in [1.29, 1.82) is 0 Å². The molecule has 0 saturated carbocycles. The van der Waals surface area contributed by atoms with Gasteiger partial charge in [-0.05, 0) is 72.6 Å². The van der Waals surface area contributed by atoms with E-state index in [9.17, 15) is 19.5 Å². The standard InChI is InChI=1S/C30H31N3O5/c1-6-24(34)31-21-9-8-16-15(5)17(14(3)4)10-22-25(16)26(21)18-12-33-23(27(18)32-22)11-20-19(28(33)35)13-38-29(36)30(20,37)7-2/h6,10-11,14,21,37H,1,7-9,12-13H2,2-5H3,(H,31,34)/t21?,30-/m0/s1. The van der Waals surface area contributed by atoms with E-state index >= 15 is 0 Å². The van der Waals surface area contributed by atoms with Crippen LogP contribution in [0.1, 0.15) is 84.5 Å². The summed E-state index contributed by atoms with van der Waals surface area (Å²) in [4.78, 5) is 43.8. The normalized spacial score (nSPS) is 21.1. The molecule has 1 amide bonds. The molecule has 2 atom stereocenters. The number of fused-ring (bicyclic) bond motifs is 5. The van der Waals surface area contributed by atoms with Gasteiger partial charge in [-0.3, -0.25) is 9.59 Å². The monoisotopic (exact) mass is 513 g/mol. The van der Waals surface area contributed by atoms with Crippen molar-refractivity contribution in [1.82, 2.24) is 14.9 Å². The van der Waals surface area contributed by atoms with Gasteiger partial charge in [-0.2, -0.15) is 0 Å². The van der Waals surface area contributed by atoms with E-state index in [1.54, 1.807) is 17.6 Å². The van der Waals surface area contributed by atoms with Crippen LogP contribution in [0.2, 0.25) is 0 Å². The molecule has 8 heteroatoms. The molecule has 8 nitrogen and oxygen atoms in total. The number of esters is 1. The van der Waals surface area contributed by atoms with Gasteiger partial charge in [-0.25, -0.2) is 9.78 Å². The predicted octanol–water partition coefficient (Wildman–Crippen LogP) is 3.80. The van der Waals surface area contributed by atoms with Crippen molar-refractivity contribution in [2.45, 2.75) is 77.7 Å². The number of cyclic esters (lactones) is 1. The van der Waals surface area contributed by atoms with E-state index in [4.69, 9.17) is 9.72 Å². The van der Waals surface area contributed by atoms with Crippen LogP contribution in [-0.2, 0) is 39.5 Å². The highest BCUT2D eigenvalue weighted by Crippen LogP contribution is 2.46. The Balaban J connectivity index is 1.68. The second-order valence-corrected chi connectivity index (χ2v) is 10.9. The van der Waals surface area contributed by atoms with Gasteiger partial charge in [0.05, 0.1) is 35.1 Å². The zero-order chi connectivity index (χ0) is 27.1. The lowest BCUT2D eigenvalue weighted by molar-refractivity contribution is -0.172. The number of hydrogen-bond donors (Lipinski definition) is 2. The molecule has 6 rings (SSSR count). The molecule has 2 aromatic heterocycles. The predicted molar refractivity (Wildman–Crippen MR) is 143 cm³/mol. The van der Waals surface area contributed by atoms with Crippen LogP contribution >= 0.6 is 0 Å². The Morgan fingerprint density at radius 3 is 2.76 bits per heavy atom. The zero-order valence-electron chi connectivity index (χ0n) is 22.1. The number of pyridine rings is 2. The summed E-state index contributed by atoms with van der Waals surface area (Å²) in [6.07, 6.45) is 2.89. The van der Waals surface area contributed by atoms with Gasteiger partial charge in [0.1, 0.15) is 6.61 Å². The Hall–Kier alpha value is -3.78. The number of aryl methyl sites for hydroxylation is 1. The molecule has 3 aromatic rings. The van der Waals surface area contributed by atoms with Gasteiger partial charge in [0.15, 0.2) is 5.60 Å². The number of aliphatic hydroxyl groups is 1. The van der Waals surface area contributed by atoms with Gasteiger partial charge in [-0.1, -0.05) is 27.4 Å². The maximum atomic E-state index is 13.7. The molecule has 3 aliphatic rings. The maximum Gasteiger partial charge on any atom is 0.343 e. The molecule has 1 aromatic carbocycles. The van der Waals surface area contributed by atoms with E-state index in [1.807, 2.05) is 0 Å². The molecule has 38 heavy (non-hydrogen) atoms. The Morgan fingerprint density at radius 2 is 2.08 bits per heavy atom. The fourth-order valence-corrected chi connectivity index (χ4v) is 6.59. The molecule has 0 bridgehead atoms. The van der Waals surface area contributed by atoms with E-state index in [1.165, 1.54) is 22.8 Å². The molecule has 1 aliphatic carbocycles. The Labute approximate surface area is 220 Å². The number of rotatable bonds is 4. The van der Waals surface area contributed by atoms with E-state index in [2.05, 4.69) is 38.7 Å². The first-order valence-corrected chi connectivity index (χ1v) is 13.2. The second kappa shape index (κ2) is 8.36. The van der Waals surface area contributed by atoms with Crippen LogP contribution in [0.25, 0.3) is 22.3 Å². The Morgan fingerprint density at radius 1 is 1.32 bits per heavy atom. The van der Waals surface area contributed by atoms with Gasteiger partial charge >= 0.3 is 5.97 Å². The fraction of sp³-hybridized carbons (Fsp3) is 0.400. The van der Waals surface area contributed by atoms with E-state index in [0.717, 1.165) is 34.9 Å². The minimum Gasteiger partial charge on any atom is -0.458 e. The minimum atomic E-state index is -1.88. The first-order valence-electron chi connectivity index (χ1n) is 13.2. The van der Waals surface area contributed by atoms with Crippen molar-refractivity contribution in [2.24, 2.45) is 0 Å². The first-order chi connectivity index (χ1) is 18.1. The van der Waals surface area contributed by atoms with Crippen molar-refractivity contribution < 1.29 is 19.4 Å². The topological polar surface area (TPSA) is 111 Å². The number of carbonyl (C=O) groups is 2. The summed E-state index contributed by atoms with van der Waals surface area (Å²) in [5.41, 5.74) is 6.02. The second-order valence-electron chi connectivity index (χ2n) is 10.9. The van der Waals surface area contributed by atoms with Crippen molar-refractivity contribution in [2.75, 3.05) is 0 Å². The molecule has 196 valence electrons. The molecule has 0 radical (unpaired) electrons. The van der Waals surface area contributed by atoms with Gasteiger partial charge < -0.3 is 19.7 Å². The highest BCUT2D eigenvalue weighted by Gasteiger charge is 2.46. The van der Waals surface area contributed by atoms with E-state index in [-0.39, 0.29) is 30.5 Å². The highest BCUT2D eigenvalue weighted by atomic mass is 16.6. The number of nitrogens with zero attached hydrogens (tertiary/aromatic N) is 2. The molecule has 2 aliphatic heterocycles. The lowest BCUT2D eigenvalue weighted by Gasteiger charge is -2.31. The summed E-state index contributed by atoms with van der Waals surface area (Å²) < 4.78 is 6.86. The van der Waals surface area contributed by atoms with Gasteiger partial charge in [0.2, 0.25) is 5.91 Å². The average Bonchev–Trinajstić information content (AvgIpc) is 3.27. The Kier molecular flexibility index (Phi) is 5.40. The molecule has 0 fully saturated rings. The number of aromatic nitrogens is 2. The van der Waals surface area contributed by atoms with Crippen LogP contribution in [0.5, 0.6) is 0 Å². The number of ether oxygens (including phenoxy) is 1. The smallest absolute Gasteiger partial charge is 0.343 e. The molecule has 1 unspecified atom stereocenters. The number of carbonyl (C=O) groups excluding carboxylic acids is 2. The van der Waals surface area contributed by atoms with Crippen molar-refractivity contribution in [3.63, 3.8) is 0 Å². The van der Waals surface area contributed by atoms with Crippen LogP contribution in [0.3, 0.4) is 0 Å². The van der Waals surface area contributed by atoms with Crippen LogP contribution in [-0.4, -0.2) is 26.5 Å². The van der Waals surface area contributed by atoms with Gasteiger partial charge in [0.25, 0.3) is 5.56 Å². The molecule has 4 heterocycles. The minimum absolute atomic E-state index is 0.0844. The summed E-state index contributed by atoms with van der Waals surface area (Å²) in [7, 11) is 0. The molecular formula is C30H31N3O5. The molecule has 0 spiro atoms. The maximum absolute atomic E-state index is 13.7. The first kappa shape index (κ1) is 24.6. The lowest BCUT2D eigenvalue weighted by atomic mass is 9.79. The van der Waals surface area contributed by atoms with Crippen LogP contribution in [0.15, 0.2) is 29.6 Å². The van der Waals surface area contributed by atoms with Crippen molar-refractivity contribution in [3.05, 3.63) is 74.1 Å². The SMILES string of the molecule is C=CC(=O)NC1CCc2c(C)c(C(C)C)cc3nc4c(c1c23)Cn1c-4cc2c(c1=O)COC(=O)[C@]2(O)CC. The van der Waals surface area contributed by atoms with E-state index in [0.29, 0.717) is 35.0 Å². The molecule has 0 saturated heterocycles. The van der Waals surface area contributed by atoms with Crippen molar-refractivity contribution in [3.8, 4) is 11.4 Å². The third-order valence-corrected chi connectivity index (χ3v) is 8.61. The summed E-state index contributed by atoms with van der Waals surface area (Å²) in [6, 6.07) is 3.60. The third kappa shape index (κ3) is 3.19. The highest BCUT2D eigenvalue weighted by molar-refractivity contribution is 5.95. The molecule has 2 N–H and O–H groups in total. The lowest BCUT2D eigenvalue weighted by Crippen LogP contribution is -2.44. The summed E-state index contributed by atoms with van der Waals surface area (Å²) in [5.74, 6) is -0.690. The fourth-order valence-electron chi connectivity index (χ4n) is 6.59. The third-order valence-electron chi connectivity index (χ3n) is 8.61. The van der Waals surface area contributed by atoms with Crippen LogP contribution in [0.4, 0.5) is 0 Å². The number of amides is 1. The van der Waals surface area contributed by atoms with Gasteiger partial charge in [-0.15, -0.1) is 0 Å².